The predicted molar refractivity (Wildman–Crippen MR) is 402 cm³/mol. The van der Waals surface area contributed by atoms with Gasteiger partial charge in [0.25, 0.3) is 13.4 Å². The van der Waals surface area contributed by atoms with E-state index in [9.17, 15) is 0 Å². The first-order valence-corrected chi connectivity index (χ1v) is 33.1. The number of hydrogen-bond donors (Lipinski definition) is 0. The molecule has 0 fully saturated rings. The molecule has 0 amide bonds. The number of rotatable bonds is 10. The zero-order valence-electron chi connectivity index (χ0n) is 52.4. The maximum atomic E-state index is 7.62. The normalized spacial score (nSPS) is 12.7. The molecule has 0 aliphatic carbocycles. The molecule has 0 N–H and O–H groups in total. The Hall–Kier alpha value is -12.4. The molecule has 0 spiro atoms. The number of benzene rings is 15. The Morgan fingerprint density at radius 1 is 0.177 bits per heavy atom. The second-order valence-corrected chi connectivity index (χ2v) is 25.4. The molecule has 4 nitrogen and oxygen atoms in total. The highest BCUT2D eigenvalue weighted by atomic mass is 16.5. The van der Waals surface area contributed by atoms with Crippen LogP contribution in [0.1, 0.15) is 0 Å². The van der Waals surface area contributed by atoms with Crippen LogP contribution in [0, 0.1) is 0 Å². The third-order valence-electron chi connectivity index (χ3n) is 20.0. The van der Waals surface area contributed by atoms with Crippen LogP contribution in [0.15, 0.2) is 352 Å². The van der Waals surface area contributed by atoms with Crippen molar-refractivity contribution in [2.75, 3.05) is 9.80 Å². The largest absolute Gasteiger partial charge is 0.458 e. The summed E-state index contributed by atoms with van der Waals surface area (Å²) in [5, 5.41) is 0. The lowest BCUT2D eigenvalue weighted by Gasteiger charge is -2.43. The Labute approximate surface area is 560 Å². The van der Waals surface area contributed by atoms with E-state index in [2.05, 4.69) is 362 Å². The third-order valence-corrected chi connectivity index (χ3v) is 20.0. The molecule has 4 aliphatic rings. The zero-order valence-corrected chi connectivity index (χ0v) is 52.4. The highest BCUT2D eigenvalue weighted by Gasteiger charge is 2.48. The first-order chi connectivity index (χ1) is 47.6. The minimum Gasteiger partial charge on any atom is -0.458 e. The average molecular weight is 1220 g/mol. The molecule has 15 aromatic rings. The molecule has 6 heteroatoms. The van der Waals surface area contributed by atoms with Crippen molar-refractivity contribution in [1.82, 2.24) is 0 Å². The Morgan fingerprint density at radius 2 is 0.458 bits per heavy atom. The van der Waals surface area contributed by atoms with Crippen LogP contribution in [0.2, 0.25) is 0 Å². The Kier molecular flexibility index (Phi) is 13.1. The van der Waals surface area contributed by atoms with E-state index in [4.69, 9.17) is 9.47 Å². The zero-order chi connectivity index (χ0) is 63.2. The maximum absolute atomic E-state index is 7.62. The molecule has 0 radical (unpaired) electrons. The Balaban J connectivity index is 0.865. The van der Waals surface area contributed by atoms with Crippen LogP contribution >= 0.6 is 0 Å². The average Bonchev–Trinajstić information content (AvgIpc) is 0.699. The SMILES string of the molecule is c1ccc(-c2ccc(N3c4cc(-c5ccccc5)ccc4B4c5cc6c(cc5Oc5cc(-c7ccccc7)cc3c54)Oc3cc(-c4ccccc4)cc4c3B6c3ccc(-c5ccccc5)cc3N4c3ccc(-c4ccccc4)cc3-c3ccccc3)c(-c3ccccc3)c2)cc1. The molecule has 0 aromatic heterocycles. The summed E-state index contributed by atoms with van der Waals surface area (Å²) in [4.78, 5) is 5.07. The molecule has 4 heterocycles. The van der Waals surface area contributed by atoms with Gasteiger partial charge in [-0.05, 0) is 171 Å². The van der Waals surface area contributed by atoms with Crippen molar-refractivity contribution in [3.05, 3.63) is 352 Å². The van der Waals surface area contributed by atoms with Gasteiger partial charge in [-0.25, -0.2) is 0 Å². The van der Waals surface area contributed by atoms with Crippen LogP contribution in [-0.4, -0.2) is 13.4 Å². The standard InChI is InChI=1S/C90H58B2N2O2/c1-9-25-59(26-10-1)67-43-47-79(73(49-67)65-37-21-7-22-38-65)93-81-51-69(61-29-13-3-14-30-61)41-45-75(81)91-77-57-78-86(58-85(77)95-87-55-71(53-83(93)89(87)91)63-33-17-5-18-34-63)96-88-56-72(64-35-19-6-20-36-64)54-84-90(88)92(78)76-46-42-70(62-31-15-4-16-32-62)52-82(76)94(84)80-48-44-68(60-27-11-2-12-28-60)50-74(80)66-39-23-8-24-40-66/h1-58H. The molecule has 0 saturated carbocycles. The number of fused-ring (bicyclic) bond motifs is 8. The van der Waals surface area contributed by atoms with Gasteiger partial charge < -0.3 is 19.3 Å². The fourth-order valence-corrected chi connectivity index (χ4v) is 15.5. The molecular formula is C90H58B2N2O2. The molecule has 19 rings (SSSR count). The van der Waals surface area contributed by atoms with Gasteiger partial charge in [0.1, 0.15) is 23.0 Å². The van der Waals surface area contributed by atoms with E-state index in [0.29, 0.717) is 0 Å². The number of nitrogens with zero attached hydrogens (tertiary/aromatic N) is 2. The second kappa shape index (κ2) is 22.7. The van der Waals surface area contributed by atoms with Crippen molar-refractivity contribution in [3.8, 4) is 112 Å². The van der Waals surface area contributed by atoms with Gasteiger partial charge in [0.05, 0.1) is 11.4 Å². The summed E-state index contributed by atoms with van der Waals surface area (Å²) >= 11 is 0. The summed E-state index contributed by atoms with van der Waals surface area (Å²) in [5.74, 6) is 3.19. The van der Waals surface area contributed by atoms with E-state index in [1.165, 1.54) is 22.1 Å². The lowest BCUT2D eigenvalue weighted by atomic mass is 9.31. The van der Waals surface area contributed by atoms with Gasteiger partial charge in [-0.3, -0.25) is 0 Å². The van der Waals surface area contributed by atoms with Gasteiger partial charge in [-0.2, -0.15) is 0 Å². The molecule has 446 valence electrons. The van der Waals surface area contributed by atoms with Crippen molar-refractivity contribution in [2.45, 2.75) is 0 Å². The Morgan fingerprint density at radius 3 is 0.792 bits per heavy atom. The summed E-state index contributed by atoms with van der Waals surface area (Å²) in [6.07, 6.45) is 0. The van der Waals surface area contributed by atoms with E-state index in [1.54, 1.807) is 0 Å². The van der Waals surface area contributed by atoms with E-state index in [-0.39, 0.29) is 13.4 Å². The molecule has 0 bridgehead atoms. The summed E-state index contributed by atoms with van der Waals surface area (Å²) in [5.41, 5.74) is 31.4. The quantitative estimate of drug-likeness (QED) is 0.127. The van der Waals surface area contributed by atoms with Gasteiger partial charge in [0, 0.05) is 39.9 Å². The minimum absolute atomic E-state index is 0.244. The summed E-state index contributed by atoms with van der Waals surface area (Å²) < 4.78 is 15.2. The van der Waals surface area contributed by atoms with Crippen LogP contribution in [0.3, 0.4) is 0 Å². The maximum Gasteiger partial charge on any atom is 0.256 e. The van der Waals surface area contributed by atoms with E-state index in [0.717, 1.165) is 157 Å². The van der Waals surface area contributed by atoms with Gasteiger partial charge in [0.15, 0.2) is 0 Å². The molecule has 4 aliphatic heterocycles. The van der Waals surface area contributed by atoms with Crippen LogP contribution in [0.4, 0.5) is 34.1 Å². The fraction of sp³-hybridized carbons (Fsp3) is 0. The molecule has 0 unspecified atom stereocenters. The van der Waals surface area contributed by atoms with Crippen molar-refractivity contribution in [2.24, 2.45) is 0 Å². The van der Waals surface area contributed by atoms with Crippen molar-refractivity contribution >= 4 is 80.3 Å². The van der Waals surface area contributed by atoms with Gasteiger partial charge in [-0.15, -0.1) is 0 Å². The topological polar surface area (TPSA) is 24.9 Å². The first kappa shape index (κ1) is 55.3. The lowest BCUT2D eigenvalue weighted by molar-refractivity contribution is 0.466. The smallest absolute Gasteiger partial charge is 0.256 e. The van der Waals surface area contributed by atoms with Crippen molar-refractivity contribution in [3.63, 3.8) is 0 Å². The molecule has 0 saturated heterocycles. The number of ether oxygens (including phenoxy) is 2. The summed E-state index contributed by atoms with van der Waals surface area (Å²) in [6, 6.07) is 129. The summed E-state index contributed by atoms with van der Waals surface area (Å²) in [7, 11) is 0. The van der Waals surface area contributed by atoms with E-state index < -0.39 is 0 Å². The van der Waals surface area contributed by atoms with Gasteiger partial charge in [-0.1, -0.05) is 285 Å². The fourth-order valence-electron chi connectivity index (χ4n) is 15.5. The van der Waals surface area contributed by atoms with Gasteiger partial charge in [0.2, 0.25) is 0 Å². The predicted octanol–water partition coefficient (Wildman–Crippen LogP) is 19.8. The van der Waals surface area contributed by atoms with Crippen LogP contribution in [0.5, 0.6) is 23.0 Å². The minimum atomic E-state index is -0.244. The molecular weight excluding hydrogens is 1160 g/mol. The highest BCUT2D eigenvalue weighted by Crippen LogP contribution is 2.51. The second-order valence-electron chi connectivity index (χ2n) is 25.4. The third kappa shape index (κ3) is 9.24. The summed E-state index contributed by atoms with van der Waals surface area (Å²) in [6.45, 7) is -0.488. The Bertz CT molecular complexity index is 5180. The number of hydrogen-bond acceptors (Lipinski definition) is 4. The van der Waals surface area contributed by atoms with Crippen LogP contribution < -0.4 is 52.1 Å². The molecule has 96 heavy (non-hydrogen) atoms. The lowest BCUT2D eigenvalue weighted by Crippen LogP contribution is -2.63. The number of anilines is 6. The molecule has 0 atom stereocenters. The van der Waals surface area contributed by atoms with Crippen molar-refractivity contribution in [1.29, 1.82) is 0 Å². The highest BCUT2D eigenvalue weighted by molar-refractivity contribution is 7.02. The van der Waals surface area contributed by atoms with Gasteiger partial charge >= 0.3 is 0 Å². The monoisotopic (exact) mass is 1220 g/mol. The van der Waals surface area contributed by atoms with Crippen LogP contribution in [-0.2, 0) is 0 Å². The van der Waals surface area contributed by atoms with E-state index in [1.807, 2.05) is 0 Å². The van der Waals surface area contributed by atoms with Crippen LogP contribution in [0.25, 0.3) is 89.0 Å². The first-order valence-electron chi connectivity index (χ1n) is 33.1. The van der Waals surface area contributed by atoms with Crippen molar-refractivity contribution < 1.29 is 9.47 Å². The van der Waals surface area contributed by atoms with E-state index >= 15 is 0 Å². The molecule has 15 aromatic carbocycles.